The number of aryl methyl sites for hydroxylation is 2. The van der Waals surface area contributed by atoms with Gasteiger partial charge in [-0.05, 0) is 61.4 Å². The lowest BCUT2D eigenvalue weighted by Crippen LogP contribution is -2.20. The Labute approximate surface area is 139 Å². The fourth-order valence-corrected chi connectivity index (χ4v) is 3.31. The average molecular weight is 316 g/mol. The number of aromatic nitrogens is 2. The van der Waals surface area contributed by atoms with Crippen LogP contribution in [-0.4, -0.2) is 20.4 Å². The minimum Gasteiger partial charge on any atom is -0.313 e. The molecule has 4 aromatic heterocycles. The summed E-state index contributed by atoms with van der Waals surface area (Å²) in [5, 5.41) is 0. The Morgan fingerprint density at radius 2 is 1.12 bits per heavy atom. The van der Waals surface area contributed by atoms with Crippen molar-refractivity contribution in [3.8, 4) is 0 Å². The van der Waals surface area contributed by atoms with E-state index in [2.05, 4.69) is 0 Å². The molecule has 4 aromatic rings. The van der Waals surface area contributed by atoms with E-state index < -0.39 is 11.6 Å². The van der Waals surface area contributed by atoms with E-state index in [1.807, 2.05) is 74.8 Å². The van der Waals surface area contributed by atoms with Crippen molar-refractivity contribution in [1.82, 2.24) is 8.80 Å². The van der Waals surface area contributed by atoms with Gasteiger partial charge >= 0.3 is 0 Å². The SMILES string of the molecule is Cc1cc2ccccn2c1C(=O)C(=O)c1c(C)cc2ccccn12. The van der Waals surface area contributed by atoms with Gasteiger partial charge in [-0.2, -0.15) is 0 Å². The van der Waals surface area contributed by atoms with Gasteiger partial charge < -0.3 is 8.80 Å². The Bertz CT molecular complexity index is 1030. The summed E-state index contributed by atoms with van der Waals surface area (Å²) in [4.78, 5) is 25.9. The number of fused-ring (bicyclic) bond motifs is 2. The van der Waals surface area contributed by atoms with Crippen molar-refractivity contribution in [2.45, 2.75) is 13.8 Å². The second-order valence-electron chi connectivity index (χ2n) is 6.00. The van der Waals surface area contributed by atoms with Crippen LogP contribution in [0, 0.1) is 13.8 Å². The van der Waals surface area contributed by atoms with Crippen LogP contribution in [0.25, 0.3) is 11.0 Å². The van der Waals surface area contributed by atoms with Crippen molar-refractivity contribution >= 4 is 22.6 Å². The first-order valence-electron chi connectivity index (χ1n) is 7.80. The molecule has 0 aromatic carbocycles. The summed E-state index contributed by atoms with van der Waals surface area (Å²) in [6.07, 6.45) is 3.62. The first-order chi connectivity index (χ1) is 11.6. The van der Waals surface area contributed by atoms with Gasteiger partial charge in [-0.1, -0.05) is 12.1 Å². The fraction of sp³-hybridized carbons (Fsp3) is 0.100. The molecule has 118 valence electrons. The van der Waals surface area contributed by atoms with E-state index in [4.69, 9.17) is 0 Å². The molecule has 0 radical (unpaired) electrons. The lowest BCUT2D eigenvalue weighted by molar-refractivity contribution is 0.0809. The summed E-state index contributed by atoms with van der Waals surface area (Å²) in [5.41, 5.74) is 4.28. The highest BCUT2D eigenvalue weighted by atomic mass is 16.2. The molecule has 0 aliphatic heterocycles. The minimum absolute atomic E-state index is 0.431. The van der Waals surface area contributed by atoms with Gasteiger partial charge in [-0.3, -0.25) is 9.59 Å². The van der Waals surface area contributed by atoms with Crippen molar-refractivity contribution in [3.63, 3.8) is 0 Å². The third-order valence-electron chi connectivity index (χ3n) is 4.38. The van der Waals surface area contributed by atoms with Crippen molar-refractivity contribution < 1.29 is 9.59 Å². The van der Waals surface area contributed by atoms with Gasteiger partial charge in [0.05, 0.1) is 0 Å². The number of hydrogen-bond donors (Lipinski definition) is 0. The number of pyridine rings is 2. The third-order valence-corrected chi connectivity index (χ3v) is 4.38. The van der Waals surface area contributed by atoms with Gasteiger partial charge in [0.25, 0.3) is 11.6 Å². The number of Topliss-reactive ketones (excluding diaryl/α,β-unsaturated/α-hetero) is 2. The van der Waals surface area contributed by atoms with Gasteiger partial charge in [-0.15, -0.1) is 0 Å². The fourth-order valence-electron chi connectivity index (χ4n) is 3.31. The lowest BCUT2D eigenvalue weighted by Gasteiger charge is -2.05. The molecule has 4 heterocycles. The van der Waals surface area contributed by atoms with Crippen LogP contribution in [0.1, 0.15) is 32.1 Å². The van der Waals surface area contributed by atoms with Crippen LogP contribution in [0.4, 0.5) is 0 Å². The van der Waals surface area contributed by atoms with Gasteiger partial charge in [0.1, 0.15) is 11.4 Å². The van der Waals surface area contributed by atoms with Crippen LogP contribution >= 0.6 is 0 Å². The van der Waals surface area contributed by atoms with E-state index >= 15 is 0 Å². The largest absolute Gasteiger partial charge is 0.313 e. The van der Waals surface area contributed by atoms with Crippen LogP contribution in [0.3, 0.4) is 0 Å². The summed E-state index contributed by atoms with van der Waals surface area (Å²) in [6.45, 7) is 3.72. The second-order valence-corrected chi connectivity index (χ2v) is 6.00. The van der Waals surface area contributed by atoms with Gasteiger partial charge in [0, 0.05) is 23.4 Å². The van der Waals surface area contributed by atoms with Crippen LogP contribution in [0.15, 0.2) is 60.9 Å². The zero-order valence-corrected chi connectivity index (χ0v) is 13.5. The van der Waals surface area contributed by atoms with E-state index in [1.54, 1.807) is 8.80 Å². The van der Waals surface area contributed by atoms with Gasteiger partial charge in [-0.25, -0.2) is 0 Å². The molecule has 0 aliphatic carbocycles. The van der Waals surface area contributed by atoms with Crippen molar-refractivity contribution in [1.29, 1.82) is 0 Å². The van der Waals surface area contributed by atoms with Crippen LogP contribution in [0.2, 0.25) is 0 Å². The Balaban J connectivity index is 1.88. The van der Waals surface area contributed by atoms with Crippen molar-refractivity contribution in [2.24, 2.45) is 0 Å². The highest BCUT2D eigenvalue weighted by Crippen LogP contribution is 2.21. The smallest absolute Gasteiger partial charge is 0.252 e. The van der Waals surface area contributed by atoms with Crippen molar-refractivity contribution in [3.05, 3.63) is 83.4 Å². The first kappa shape index (κ1) is 14.5. The average Bonchev–Trinajstić information content (AvgIpc) is 3.08. The molecule has 0 aliphatic rings. The van der Waals surface area contributed by atoms with Gasteiger partial charge in [0.15, 0.2) is 0 Å². The molecule has 4 heteroatoms. The molecule has 4 nitrogen and oxygen atoms in total. The van der Waals surface area contributed by atoms with Crippen LogP contribution in [-0.2, 0) is 0 Å². The van der Waals surface area contributed by atoms with E-state index in [0.29, 0.717) is 11.4 Å². The maximum Gasteiger partial charge on any atom is 0.252 e. The standard InChI is InChI=1S/C20H16N2O2/c1-13-11-15-7-3-5-9-21(15)17(13)19(23)20(24)18-14(2)12-16-8-4-6-10-22(16)18/h3-12H,1-2H3. The third kappa shape index (κ3) is 2.00. The summed E-state index contributed by atoms with van der Waals surface area (Å²) in [6, 6.07) is 15.2. The predicted octanol–water partition coefficient (Wildman–Crippen LogP) is 3.87. The summed E-state index contributed by atoms with van der Waals surface area (Å²) in [5.74, 6) is -0.962. The normalized spacial score (nSPS) is 11.2. The van der Waals surface area contributed by atoms with E-state index in [9.17, 15) is 9.59 Å². The monoisotopic (exact) mass is 316 g/mol. The molecule has 4 rings (SSSR count). The molecule has 0 spiro atoms. The number of carbonyl (C=O) groups excluding carboxylic acids is 2. The summed E-state index contributed by atoms with van der Waals surface area (Å²) in [7, 11) is 0. The molecule has 0 amide bonds. The highest BCUT2D eigenvalue weighted by molar-refractivity contribution is 6.49. The maximum atomic E-state index is 13.0. The molecule has 0 bridgehead atoms. The Morgan fingerprint density at radius 3 is 1.54 bits per heavy atom. The molecule has 0 saturated carbocycles. The number of ketones is 2. The topological polar surface area (TPSA) is 43.0 Å². The highest BCUT2D eigenvalue weighted by Gasteiger charge is 2.27. The second kappa shape index (κ2) is 5.20. The van der Waals surface area contributed by atoms with E-state index in [0.717, 1.165) is 22.2 Å². The molecule has 0 fully saturated rings. The summed E-state index contributed by atoms with van der Waals surface area (Å²) >= 11 is 0. The minimum atomic E-state index is -0.481. The predicted molar refractivity (Wildman–Crippen MR) is 92.9 cm³/mol. The molecule has 0 atom stereocenters. The Kier molecular flexibility index (Phi) is 3.13. The van der Waals surface area contributed by atoms with E-state index in [-0.39, 0.29) is 0 Å². The summed E-state index contributed by atoms with van der Waals surface area (Å²) < 4.78 is 3.56. The van der Waals surface area contributed by atoms with Crippen LogP contribution < -0.4 is 0 Å². The first-order valence-corrected chi connectivity index (χ1v) is 7.80. The zero-order valence-electron chi connectivity index (χ0n) is 13.5. The molecule has 0 saturated heterocycles. The maximum absolute atomic E-state index is 13.0. The molecular formula is C20H16N2O2. The van der Waals surface area contributed by atoms with Crippen molar-refractivity contribution in [2.75, 3.05) is 0 Å². The zero-order chi connectivity index (χ0) is 16.8. The van der Waals surface area contributed by atoms with Crippen LogP contribution in [0.5, 0.6) is 0 Å². The molecule has 0 unspecified atom stereocenters. The number of nitrogens with zero attached hydrogens (tertiary/aromatic N) is 2. The molecule has 0 N–H and O–H groups in total. The van der Waals surface area contributed by atoms with E-state index in [1.165, 1.54) is 0 Å². The quantitative estimate of drug-likeness (QED) is 0.425. The number of rotatable bonds is 3. The van der Waals surface area contributed by atoms with Gasteiger partial charge in [0.2, 0.25) is 0 Å². The molecular weight excluding hydrogens is 300 g/mol. The Morgan fingerprint density at radius 1 is 0.708 bits per heavy atom. The lowest BCUT2D eigenvalue weighted by atomic mass is 10.1. The number of hydrogen-bond acceptors (Lipinski definition) is 2. The number of carbonyl (C=O) groups is 2. The molecule has 24 heavy (non-hydrogen) atoms. The Hall–Kier alpha value is -3.14.